The molecule has 7 heteroatoms. The normalized spacial score (nSPS) is 13.0. The van der Waals surface area contributed by atoms with Gasteiger partial charge < -0.3 is 15.2 Å². The number of benzene rings is 1. The zero-order chi connectivity index (χ0) is 14.7. The summed E-state index contributed by atoms with van der Waals surface area (Å²) in [7, 11) is 0. The van der Waals surface area contributed by atoms with Gasteiger partial charge in [0.2, 0.25) is 0 Å². The fourth-order valence-electron chi connectivity index (χ4n) is 2.43. The minimum Gasteiger partial charge on any atom is -0.337 e. The van der Waals surface area contributed by atoms with E-state index in [9.17, 15) is 9.18 Å². The third-order valence-electron chi connectivity index (χ3n) is 3.40. The molecule has 6 nitrogen and oxygen atoms in total. The molecule has 2 aromatic rings. The molecule has 1 aliphatic rings. The third-order valence-corrected chi connectivity index (χ3v) is 3.40. The lowest BCUT2D eigenvalue weighted by molar-refractivity contribution is 0.252. The van der Waals surface area contributed by atoms with Crippen LogP contribution in [0.5, 0.6) is 0 Å². The van der Waals surface area contributed by atoms with Gasteiger partial charge in [0.1, 0.15) is 17.5 Å². The van der Waals surface area contributed by atoms with E-state index in [0.717, 1.165) is 31.0 Å². The molecule has 1 aliphatic heterocycles. The molecule has 3 rings (SSSR count). The van der Waals surface area contributed by atoms with Crippen molar-refractivity contribution in [3.05, 3.63) is 41.7 Å². The Morgan fingerprint density at radius 2 is 2.29 bits per heavy atom. The van der Waals surface area contributed by atoms with Crippen LogP contribution in [0, 0.1) is 5.82 Å². The van der Waals surface area contributed by atoms with Gasteiger partial charge in [0.05, 0.1) is 0 Å². The number of carbonyl (C=O) groups excluding carboxylic acids is 1. The maximum Gasteiger partial charge on any atom is 0.319 e. The van der Waals surface area contributed by atoms with E-state index in [-0.39, 0.29) is 11.8 Å². The molecule has 2 N–H and O–H groups in total. The molecule has 2 amide bonds. The van der Waals surface area contributed by atoms with Crippen molar-refractivity contribution in [2.24, 2.45) is 0 Å². The van der Waals surface area contributed by atoms with Crippen LogP contribution in [0.4, 0.5) is 14.9 Å². The van der Waals surface area contributed by atoms with E-state index in [1.165, 1.54) is 12.1 Å². The summed E-state index contributed by atoms with van der Waals surface area (Å²) in [6.45, 7) is 1.41. The van der Waals surface area contributed by atoms with Gasteiger partial charge in [-0.05, 0) is 24.6 Å². The van der Waals surface area contributed by atoms with Crippen molar-refractivity contribution in [3.8, 4) is 0 Å². The van der Waals surface area contributed by atoms with Crippen molar-refractivity contribution < 1.29 is 9.18 Å². The Labute approximate surface area is 121 Å². The molecule has 0 saturated heterocycles. The maximum absolute atomic E-state index is 13.0. The fraction of sp³-hybridized carbons (Fsp3) is 0.357. The second-order valence-corrected chi connectivity index (χ2v) is 4.93. The number of hydrogen-bond acceptors (Lipinski definition) is 3. The van der Waals surface area contributed by atoms with E-state index in [2.05, 4.69) is 25.4 Å². The molecule has 0 fully saturated rings. The molecule has 2 heterocycles. The van der Waals surface area contributed by atoms with Crippen molar-refractivity contribution in [2.45, 2.75) is 25.8 Å². The molecule has 1 aromatic carbocycles. The van der Waals surface area contributed by atoms with E-state index in [1.807, 2.05) is 0 Å². The Morgan fingerprint density at radius 3 is 3.14 bits per heavy atom. The Hall–Kier alpha value is -2.44. The summed E-state index contributed by atoms with van der Waals surface area (Å²) in [6.07, 6.45) is 2.70. The molecule has 0 atom stereocenters. The molecule has 110 valence electrons. The first-order valence-corrected chi connectivity index (χ1v) is 6.94. The Bertz CT molecular complexity index is 655. The van der Waals surface area contributed by atoms with Crippen molar-refractivity contribution in [3.63, 3.8) is 0 Å². The van der Waals surface area contributed by atoms with Crippen molar-refractivity contribution >= 4 is 11.7 Å². The van der Waals surface area contributed by atoms with Crippen LogP contribution in [-0.2, 0) is 19.4 Å². The number of halogens is 1. The van der Waals surface area contributed by atoms with Gasteiger partial charge in [-0.1, -0.05) is 6.07 Å². The highest BCUT2D eigenvalue weighted by Crippen LogP contribution is 2.14. The molecule has 0 bridgehead atoms. The highest BCUT2D eigenvalue weighted by Gasteiger charge is 2.16. The number of amides is 2. The molecule has 0 saturated carbocycles. The van der Waals surface area contributed by atoms with Crippen molar-refractivity contribution in [2.75, 3.05) is 11.9 Å². The number of fused-ring (bicyclic) bond motifs is 1. The lowest BCUT2D eigenvalue weighted by Crippen LogP contribution is -2.31. The minimum absolute atomic E-state index is 0.359. The first-order valence-electron chi connectivity index (χ1n) is 6.94. The molecule has 0 spiro atoms. The zero-order valence-corrected chi connectivity index (χ0v) is 11.5. The quantitative estimate of drug-likeness (QED) is 0.900. The molecule has 0 radical (unpaired) electrons. The lowest BCUT2D eigenvalue weighted by Gasteiger charge is -2.07. The largest absolute Gasteiger partial charge is 0.337 e. The number of aryl methyl sites for hydroxylation is 1. The monoisotopic (exact) mass is 289 g/mol. The van der Waals surface area contributed by atoms with Crippen LogP contribution in [-0.4, -0.2) is 27.3 Å². The first kappa shape index (κ1) is 13.5. The number of anilines is 1. The van der Waals surface area contributed by atoms with Crippen LogP contribution >= 0.6 is 0 Å². The van der Waals surface area contributed by atoms with E-state index in [1.54, 1.807) is 12.1 Å². The number of carbonyl (C=O) groups is 1. The fourth-order valence-corrected chi connectivity index (χ4v) is 2.43. The van der Waals surface area contributed by atoms with Crippen LogP contribution in [0.25, 0.3) is 0 Å². The second kappa shape index (κ2) is 5.90. The predicted octanol–water partition coefficient (Wildman–Crippen LogP) is 1.73. The minimum atomic E-state index is -0.383. The van der Waals surface area contributed by atoms with Crippen molar-refractivity contribution in [1.82, 2.24) is 20.1 Å². The second-order valence-electron chi connectivity index (χ2n) is 4.93. The van der Waals surface area contributed by atoms with E-state index in [0.29, 0.717) is 18.7 Å². The van der Waals surface area contributed by atoms with Gasteiger partial charge >= 0.3 is 6.03 Å². The molecule has 1 aromatic heterocycles. The standard InChI is InChI=1S/C14H16FN5O/c15-10-3-1-4-11(9-10)17-14(21)16-7-6-13-19-18-12-5-2-8-20(12)13/h1,3-4,9H,2,5-8H2,(H2,16,17,21). The van der Waals surface area contributed by atoms with Crippen LogP contribution < -0.4 is 10.6 Å². The molecule has 21 heavy (non-hydrogen) atoms. The Morgan fingerprint density at radius 1 is 1.38 bits per heavy atom. The average Bonchev–Trinajstić information content (AvgIpc) is 3.03. The van der Waals surface area contributed by atoms with Gasteiger partial charge in [-0.15, -0.1) is 10.2 Å². The Balaban J connectivity index is 1.48. The summed E-state index contributed by atoms with van der Waals surface area (Å²) in [6, 6.07) is 5.42. The van der Waals surface area contributed by atoms with Gasteiger partial charge in [0.25, 0.3) is 0 Å². The van der Waals surface area contributed by atoms with Gasteiger partial charge in [-0.3, -0.25) is 0 Å². The number of urea groups is 1. The first-order chi connectivity index (χ1) is 10.2. The summed E-state index contributed by atoms with van der Waals surface area (Å²) in [5.74, 6) is 1.54. The zero-order valence-electron chi connectivity index (χ0n) is 11.5. The van der Waals surface area contributed by atoms with Crippen LogP contribution in [0.3, 0.4) is 0 Å². The topological polar surface area (TPSA) is 71.8 Å². The number of aromatic nitrogens is 3. The van der Waals surface area contributed by atoms with E-state index >= 15 is 0 Å². The maximum atomic E-state index is 13.0. The molecule has 0 aliphatic carbocycles. The average molecular weight is 289 g/mol. The lowest BCUT2D eigenvalue weighted by atomic mass is 10.3. The van der Waals surface area contributed by atoms with Gasteiger partial charge in [-0.25, -0.2) is 9.18 Å². The number of rotatable bonds is 4. The van der Waals surface area contributed by atoms with E-state index in [4.69, 9.17) is 0 Å². The molecular weight excluding hydrogens is 273 g/mol. The van der Waals surface area contributed by atoms with Crippen LogP contribution in [0.1, 0.15) is 18.1 Å². The van der Waals surface area contributed by atoms with Gasteiger partial charge in [0.15, 0.2) is 0 Å². The van der Waals surface area contributed by atoms with E-state index < -0.39 is 0 Å². The smallest absolute Gasteiger partial charge is 0.319 e. The number of nitrogens with one attached hydrogen (secondary N) is 2. The predicted molar refractivity (Wildman–Crippen MR) is 75.5 cm³/mol. The summed E-state index contributed by atoms with van der Waals surface area (Å²) in [5.41, 5.74) is 0.427. The van der Waals surface area contributed by atoms with Crippen LogP contribution in [0.2, 0.25) is 0 Å². The third kappa shape index (κ3) is 3.18. The Kier molecular flexibility index (Phi) is 3.81. The van der Waals surface area contributed by atoms with Gasteiger partial charge in [0, 0.05) is 31.6 Å². The number of hydrogen-bond donors (Lipinski definition) is 2. The van der Waals surface area contributed by atoms with Gasteiger partial charge in [-0.2, -0.15) is 0 Å². The summed E-state index contributed by atoms with van der Waals surface area (Å²) in [5, 5.41) is 13.5. The highest BCUT2D eigenvalue weighted by molar-refractivity contribution is 5.89. The summed E-state index contributed by atoms with van der Waals surface area (Å²) < 4.78 is 15.1. The summed E-state index contributed by atoms with van der Waals surface area (Å²) >= 11 is 0. The molecular formula is C14H16FN5O. The van der Waals surface area contributed by atoms with Crippen LogP contribution in [0.15, 0.2) is 24.3 Å². The number of nitrogens with zero attached hydrogens (tertiary/aromatic N) is 3. The highest BCUT2D eigenvalue weighted by atomic mass is 19.1. The summed E-state index contributed by atoms with van der Waals surface area (Å²) in [4.78, 5) is 11.7. The van der Waals surface area contributed by atoms with Crippen molar-refractivity contribution in [1.29, 1.82) is 0 Å². The SMILES string of the molecule is O=C(NCCc1nnc2n1CCC2)Nc1cccc(F)c1. The molecule has 0 unspecified atom stereocenters.